The third-order valence-electron chi connectivity index (χ3n) is 3.25. The summed E-state index contributed by atoms with van der Waals surface area (Å²) in [6, 6.07) is 0.827. The zero-order valence-electron chi connectivity index (χ0n) is 11.7. The zero-order valence-corrected chi connectivity index (χ0v) is 11.7. The molecule has 1 saturated carbocycles. The third-order valence-corrected chi connectivity index (χ3v) is 3.25. The first-order chi connectivity index (χ1) is 7.47. The van der Waals surface area contributed by atoms with Gasteiger partial charge in [-0.15, -0.1) is 0 Å². The number of nitrogens with one attached hydrogen (secondary N) is 1. The van der Waals surface area contributed by atoms with Gasteiger partial charge in [-0.3, -0.25) is 0 Å². The van der Waals surface area contributed by atoms with Crippen molar-refractivity contribution in [3.8, 4) is 0 Å². The Kier molecular flexibility index (Phi) is 5.77. The topological polar surface area (TPSA) is 15.3 Å². The summed E-state index contributed by atoms with van der Waals surface area (Å²) >= 11 is 0. The monoisotopic (exact) mass is 226 g/mol. The highest BCUT2D eigenvalue weighted by molar-refractivity contribution is 4.73. The summed E-state index contributed by atoms with van der Waals surface area (Å²) in [5.74, 6) is 0. The summed E-state index contributed by atoms with van der Waals surface area (Å²) in [5.41, 5.74) is 0.424. The Balaban J connectivity index is 1.97. The minimum atomic E-state index is 0.424. The molecule has 0 aromatic heterocycles. The van der Waals surface area contributed by atoms with Crippen molar-refractivity contribution in [2.24, 2.45) is 5.41 Å². The van der Waals surface area contributed by atoms with Crippen molar-refractivity contribution in [1.29, 1.82) is 0 Å². The van der Waals surface area contributed by atoms with Crippen molar-refractivity contribution in [1.82, 2.24) is 10.2 Å². The molecule has 1 rings (SSSR count). The molecule has 0 aliphatic heterocycles. The molecular formula is C14H30N2. The van der Waals surface area contributed by atoms with E-state index in [0.29, 0.717) is 5.41 Å². The van der Waals surface area contributed by atoms with Crippen LogP contribution in [-0.4, -0.2) is 37.6 Å². The Bertz CT molecular complexity index is 178. The molecule has 2 nitrogen and oxygen atoms in total. The molecule has 1 fully saturated rings. The van der Waals surface area contributed by atoms with Crippen LogP contribution < -0.4 is 5.32 Å². The summed E-state index contributed by atoms with van der Waals surface area (Å²) in [7, 11) is 2.24. The third kappa shape index (κ3) is 6.49. The van der Waals surface area contributed by atoms with E-state index in [1.165, 1.54) is 51.7 Å². The average molecular weight is 226 g/mol. The first-order valence-electron chi connectivity index (χ1n) is 6.89. The Morgan fingerprint density at radius 1 is 1.19 bits per heavy atom. The SMILES string of the molecule is CN(CCCNC1CCCC1)CC(C)(C)C. The maximum absolute atomic E-state index is 3.67. The molecule has 0 spiro atoms. The highest BCUT2D eigenvalue weighted by atomic mass is 15.1. The summed E-state index contributed by atoms with van der Waals surface area (Å²) < 4.78 is 0. The summed E-state index contributed by atoms with van der Waals surface area (Å²) in [4.78, 5) is 2.45. The van der Waals surface area contributed by atoms with E-state index in [-0.39, 0.29) is 0 Å². The van der Waals surface area contributed by atoms with Crippen molar-refractivity contribution in [3.63, 3.8) is 0 Å². The lowest BCUT2D eigenvalue weighted by Gasteiger charge is -2.26. The largest absolute Gasteiger partial charge is 0.314 e. The van der Waals surface area contributed by atoms with Crippen LogP contribution in [0.1, 0.15) is 52.9 Å². The molecule has 1 aliphatic rings. The number of rotatable bonds is 6. The molecule has 0 radical (unpaired) electrons. The fraction of sp³-hybridized carbons (Fsp3) is 1.00. The van der Waals surface area contributed by atoms with Gasteiger partial charge in [-0.1, -0.05) is 33.6 Å². The Labute approximate surface area is 102 Å². The van der Waals surface area contributed by atoms with E-state index in [2.05, 4.69) is 38.0 Å². The van der Waals surface area contributed by atoms with Crippen LogP contribution in [0.5, 0.6) is 0 Å². The van der Waals surface area contributed by atoms with Gasteiger partial charge in [0.25, 0.3) is 0 Å². The number of nitrogens with zero attached hydrogens (tertiary/aromatic N) is 1. The van der Waals surface area contributed by atoms with E-state index in [1.54, 1.807) is 0 Å². The van der Waals surface area contributed by atoms with Gasteiger partial charge in [0.15, 0.2) is 0 Å². The van der Waals surface area contributed by atoms with E-state index >= 15 is 0 Å². The van der Waals surface area contributed by atoms with Gasteiger partial charge in [-0.05, 0) is 44.8 Å². The standard InChI is InChI=1S/C14H30N2/c1-14(2,3)12-16(4)11-7-10-15-13-8-5-6-9-13/h13,15H,5-12H2,1-4H3. The number of hydrogen-bond acceptors (Lipinski definition) is 2. The molecule has 96 valence electrons. The van der Waals surface area contributed by atoms with Crippen LogP contribution in [0.15, 0.2) is 0 Å². The van der Waals surface area contributed by atoms with Gasteiger partial charge in [0.05, 0.1) is 0 Å². The molecule has 16 heavy (non-hydrogen) atoms. The molecule has 0 bridgehead atoms. The smallest absolute Gasteiger partial charge is 0.00670 e. The lowest BCUT2D eigenvalue weighted by atomic mass is 9.96. The van der Waals surface area contributed by atoms with Crippen molar-refractivity contribution in [2.45, 2.75) is 58.9 Å². The van der Waals surface area contributed by atoms with Crippen LogP contribution in [0.25, 0.3) is 0 Å². The molecule has 0 saturated heterocycles. The highest BCUT2D eigenvalue weighted by Gasteiger charge is 2.14. The first kappa shape index (κ1) is 14.0. The molecule has 0 aromatic carbocycles. The second kappa shape index (κ2) is 6.61. The van der Waals surface area contributed by atoms with Crippen LogP contribution in [0.3, 0.4) is 0 Å². The minimum Gasteiger partial charge on any atom is -0.314 e. The van der Waals surface area contributed by atoms with E-state index in [9.17, 15) is 0 Å². The van der Waals surface area contributed by atoms with Crippen molar-refractivity contribution >= 4 is 0 Å². The van der Waals surface area contributed by atoms with Crippen molar-refractivity contribution in [2.75, 3.05) is 26.7 Å². The second-order valence-electron chi connectivity index (χ2n) is 6.59. The van der Waals surface area contributed by atoms with Gasteiger partial charge >= 0.3 is 0 Å². The van der Waals surface area contributed by atoms with Gasteiger partial charge in [0, 0.05) is 12.6 Å². The number of hydrogen-bond donors (Lipinski definition) is 1. The second-order valence-corrected chi connectivity index (χ2v) is 6.59. The molecule has 0 atom stereocenters. The molecule has 0 unspecified atom stereocenters. The summed E-state index contributed by atoms with van der Waals surface area (Å²) in [6.07, 6.45) is 6.95. The van der Waals surface area contributed by atoms with Crippen LogP contribution in [-0.2, 0) is 0 Å². The highest BCUT2D eigenvalue weighted by Crippen LogP contribution is 2.17. The molecule has 2 heteroatoms. The summed E-state index contributed by atoms with van der Waals surface area (Å²) in [5, 5.41) is 3.67. The van der Waals surface area contributed by atoms with Gasteiger partial charge in [-0.25, -0.2) is 0 Å². The van der Waals surface area contributed by atoms with Gasteiger partial charge in [0.2, 0.25) is 0 Å². The molecular weight excluding hydrogens is 196 g/mol. The Morgan fingerprint density at radius 3 is 2.38 bits per heavy atom. The fourth-order valence-corrected chi connectivity index (χ4v) is 2.67. The van der Waals surface area contributed by atoms with Crippen LogP contribution in [0.4, 0.5) is 0 Å². The van der Waals surface area contributed by atoms with Crippen LogP contribution in [0, 0.1) is 5.41 Å². The Hall–Kier alpha value is -0.0800. The van der Waals surface area contributed by atoms with Crippen LogP contribution in [0.2, 0.25) is 0 Å². The van der Waals surface area contributed by atoms with E-state index in [4.69, 9.17) is 0 Å². The Morgan fingerprint density at radius 2 is 1.81 bits per heavy atom. The van der Waals surface area contributed by atoms with Crippen molar-refractivity contribution < 1.29 is 0 Å². The molecule has 0 aromatic rings. The maximum Gasteiger partial charge on any atom is 0.00670 e. The molecule has 0 heterocycles. The van der Waals surface area contributed by atoms with E-state index in [0.717, 1.165) is 6.04 Å². The quantitative estimate of drug-likeness (QED) is 0.701. The fourth-order valence-electron chi connectivity index (χ4n) is 2.67. The van der Waals surface area contributed by atoms with Gasteiger partial charge in [0.1, 0.15) is 0 Å². The molecule has 1 aliphatic carbocycles. The van der Waals surface area contributed by atoms with Gasteiger partial charge in [-0.2, -0.15) is 0 Å². The van der Waals surface area contributed by atoms with Gasteiger partial charge < -0.3 is 10.2 Å². The predicted octanol–water partition coefficient (Wildman–Crippen LogP) is 2.89. The van der Waals surface area contributed by atoms with E-state index in [1.807, 2.05) is 0 Å². The average Bonchev–Trinajstić information content (AvgIpc) is 2.62. The van der Waals surface area contributed by atoms with Crippen LogP contribution >= 0.6 is 0 Å². The normalized spacial score (nSPS) is 18.6. The zero-order chi connectivity index (χ0) is 12.0. The van der Waals surface area contributed by atoms with Crippen molar-refractivity contribution in [3.05, 3.63) is 0 Å². The molecule has 0 amide bonds. The maximum atomic E-state index is 3.67. The lowest BCUT2D eigenvalue weighted by molar-refractivity contribution is 0.224. The molecule has 1 N–H and O–H groups in total. The lowest BCUT2D eigenvalue weighted by Crippen LogP contribution is -2.33. The predicted molar refractivity (Wildman–Crippen MR) is 71.8 cm³/mol. The first-order valence-corrected chi connectivity index (χ1v) is 6.89. The summed E-state index contributed by atoms with van der Waals surface area (Å²) in [6.45, 7) is 10.5. The van der Waals surface area contributed by atoms with E-state index < -0.39 is 0 Å². The minimum absolute atomic E-state index is 0.424.